The van der Waals surface area contributed by atoms with E-state index in [0.717, 1.165) is 18.6 Å². The molecule has 0 heterocycles. The third kappa shape index (κ3) is 6.02. The van der Waals surface area contributed by atoms with Crippen molar-refractivity contribution < 1.29 is 32.6 Å². The normalized spacial score (nSPS) is 12.5. The van der Waals surface area contributed by atoms with Gasteiger partial charge in [0, 0.05) is 5.56 Å². The van der Waals surface area contributed by atoms with Crippen molar-refractivity contribution in [1.29, 1.82) is 0 Å². The van der Waals surface area contributed by atoms with Gasteiger partial charge in [-0.2, -0.15) is 0 Å². The molecule has 0 aliphatic carbocycles. The number of carbonyl (C=O) groups excluding carboxylic acids is 1. The first kappa shape index (κ1) is 17.8. The summed E-state index contributed by atoms with van der Waals surface area (Å²) in [6, 6.07) is 3.37. The predicted octanol–water partition coefficient (Wildman–Crippen LogP) is 2.96. The highest BCUT2D eigenvalue weighted by Gasteiger charge is 2.31. The lowest BCUT2D eigenvalue weighted by Gasteiger charge is -2.15. The average molecular weight is 319 g/mol. The van der Waals surface area contributed by atoms with Gasteiger partial charge < -0.3 is 15.2 Å². The third-order valence-corrected chi connectivity index (χ3v) is 2.78. The zero-order valence-corrected chi connectivity index (χ0v) is 11.8. The lowest BCUT2D eigenvalue weighted by Crippen LogP contribution is -2.40. The molecule has 0 radical (unpaired) electrons. The highest BCUT2D eigenvalue weighted by atomic mass is 19.4. The first-order chi connectivity index (χ1) is 10.2. The summed E-state index contributed by atoms with van der Waals surface area (Å²) in [4.78, 5) is 23.0. The largest absolute Gasteiger partial charge is 0.573 e. The Hall–Kier alpha value is -2.25. The van der Waals surface area contributed by atoms with Crippen LogP contribution in [0.5, 0.6) is 5.75 Å². The molecule has 22 heavy (non-hydrogen) atoms. The molecule has 122 valence electrons. The highest BCUT2D eigenvalue weighted by molar-refractivity contribution is 5.96. The van der Waals surface area contributed by atoms with E-state index < -0.39 is 30.0 Å². The van der Waals surface area contributed by atoms with Crippen molar-refractivity contribution in [3.05, 3.63) is 29.8 Å². The van der Waals surface area contributed by atoms with Crippen LogP contribution >= 0.6 is 0 Å². The lowest BCUT2D eigenvalue weighted by molar-refractivity contribution is -0.274. The van der Waals surface area contributed by atoms with E-state index >= 15 is 0 Å². The summed E-state index contributed by atoms with van der Waals surface area (Å²) in [5, 5.41) is 11.3. The summed E-state index contributed by atoms with van der Waals surface area (Å²) in [7, 11) is 0. The molecular weight excluding hydrogens is 303 g/mol. The Labute approximate surface area is 125 Å². The van der Waals surface area contributed by atoms with Crippen molar-refractivity contribution in [2.24, 2.45) is 0 Å². The molecular formula is C14H16F3NO4. The number of nitrogens with one attached hydrogen (secondary N) is 1. The van der Waals surface area contributed by atoms with Crippen LogP contribution in [0.2, 0.25) is 0 Å². The van der Waals surface area contributed by atoms with E-state index in [2.05, 4.69) is 10.1 Å². The van der Waals surface area contributed by atoms with Gasteiger partial charge in [0.25, 0.3) is 5.91 Å². The molecule has 1 rings (SSSR count). The standard InChI is InChI=1S/C14H16F3NO4/c1-2-3-7-11(13(20)21)18-12(19)9-5-4-6-10(8-9)22-14(15,16)17/h4-6,8,11H,2-3,7H2,1H3,(H,18,19)(H,20,21). The Balaban J connectivity index is 2.79. The van der Waals surface area contributed by atoms with Gasteiger partial charge >= 0.3 is 12.3 Å². The molecule has 0 spiro atoms. The number of hydrogen-bond acceptors (Lipinski definition) is 3. The van der Waals surface area contributed by atoms with Crippen LogP contribution in [0.1, 0.15) is 36.5 Å². The highest BCUT2D eigenvalue weighted by Crippen LogP contribution is 2.23. The zero-order chi connectivity index (χ0) is 16.8. The van der Waals surface area contributed by atoms with Gasteiger partial charge in [0.1, 0.15) is 11.8 Å². The molecule has 0 aliphatic heterocycles. The number of carboxylic acid groups (broad SMARTS) is 1. The molecule has 1 amide bonds. The van der Waals surface area contributed by atoms with Gasteiger partial charge in [-0.25, -0.2) is 4.79 Å². The summed E-state index contributed by atoms with van der Waals surface area (Å²) in [6.45, 7) is 1.87. The van der Waals surface area contributed by atoms with Crippen LogP contribution in [0.4, 0.5) is 13.2 Å². The van der Waals surface area contributed by atoms with Crippen molar-refractivity contribution in [3.8, 4) is 5.75 Å². The van der Waals surface area contributed by atoms with Gasteiger partial charge in [-0.3, -0.25) is 4.79 Å². The predicted molar refractivity (Wildman–Crippen MR) is 71.5 cm³/mol. The van der Waals surface area contributed by atoms with Crippen molar-refractivity contribution in [2.45, 2.75) is 38.6 Å². The quantitative estimate of drug-likeness (QED) is 0.810. The number of rotatable bonds is 7. The molecule has 2 N–H and O–H groups in total. The van der Waals surface area contributed by atoms with Crippen molar-refractivity contribution in [2.75, 3.05) is 0 Å². The second kappa shape index (κ2) is 7.67. The second-order valence-electron chi connectivity index (χ2n) is 4.58. The molecule has 1 aromatic carbocycles. The molecule has 0 fully saturated rings. The Morgan fingerprint density at radius 3 is 2.59 bits per heavy atom. The smallest absolute Gasteiger partial charge is 0.480 e. The number of alkyl halides is 3. The van der Waals surface area contributed by atoms with Gasteiger partial charge in [-0.05, 0) is 24.6 Å². The van der Waals surface area contributed by atoms with Crippen LogP contribution in [0.3, 0.4) is 0 Å². The van der Waals surface area contributed by atoms with Gasteiger partial charge in [0.2, 0.25) is 0 Å². The number of benzene rings is 1. The first-order valence-electron chi connectivity index (χ1n) is 6.62. The van der Waals surface area contributed by atoms with Gasteiger partial charge in [-0.15, -0.1) is 13.2 Å². The summed E-state index contributed by atoms with van der Waals surface area (Å²) in [6.07, 6.45) is -3.25. The van der Waals surface area contributed by atoms with Crippen molar-refractivity contribution in [1.82, 2.24) is 5.32 Å². The van der Waals surface area contributed by atoms with Crippen LogP contribution in [-0.4, -0.2) is 29.4 Å². The molecule has 8 heteroatoms. The van der Waals surface area contributed by atoms with E-state index in [9.17, 15) is 22.8 Å². The first-order valence-corrected chi connectivity index (χ1v) is 6.62. The molecule has 1 aromatic rings. The van der Waals surface area contributed by atoms with Crippen molar-refractivity contribution >= 4 is 11.9 Å². The minimum Gasteiger partial charge on any atom is -0.480 e. The second-order valence-corrected chi connectivity index (χ2v) is 4.58. The van der Waals surface area contributed by atoms with Gasteiger partial charge in [0.05, 0.1) is 0 Å². The fourth-order valence-corrected chi connectivity index (χ4v) is 1.74. The number of halogens is 3. The number of unbranched alkanes of at least 4 members (excludes halogenated alkanes) is 1. The minimum atomic E-state index is -4.86. The summed E-state index contributed by atoms with van der Waals surface area (Å²) in [5.41, 5.74) is -0.107. The Morgan fingerprint density at radius 2 is 2.05 bits per heavy atom. The van der Waals surface area contributed by atoms with E-state index in [0.29, 0.717) is 6.42 Å². The Kier molecular flexibility index (Phi) is 6.21. The number of carbonyl (C=O) groups is 2. The van der Waals surface area contributed by atoms with Crippen LogP contribution in [0.15, 0.2) is 24.3 Å². The number of amides is 1. The minimum absolute atomic E-state index is 0.107. The fourth-order valence-electron chi connectivity index (χ4n) is 1.74. The van der Waals surface area contributed by atoms with Crippen LogP contribution < -0.4 is 10.1 Å². The van der Waals surface area contributed by atoms with E-state index in [4.69, 9.17) is 5.11 Å². The van der Waals surface area contributed by atoms with Gasteiger partial charge in [-0.1, -0.05) is 25.8 Å². The van der Waals surface area contributed by atoms with Crippen LogP contribution in [-0.2, 0) is 4.79 Å². The van der Waals surface area contributed by atoms with E-state index in [-0.39, 0.29) is 12.0 Å². The maximum Gasteiger partial charge on any atom is 0.573 e. The van der Waals surface area contributed by atoms with E-state index in [1.165, 1.54) is 12.1 Å². The average Bonchev–Trinajstić information content (AvgIpc) is 2.41. The summed E-state index contributed by atoms with van der Waals surface area (Å²) in [5.74, 6) is -2.50. The summed E-state index contributed by atoms with van der Waals surface area (Å²) >= 11 is 0. The van der Waals surface area contributed by atoms with Crippen LogP contribution in [0, 0.1) is 0 Å². The number of aliphatic carboxylic acids is 1. The topological polar surface area (TPSA) is 75.6 Å². The maximum atomic E-state index is 12.1. The Bertz CT molecular complexity index is 531. The lowest BCUT2D eigenvalue weighted by atomic mass is 10.1. The molecule has 0 aliphatic rings. The fraction of sp³-hybridized carbons (Fsp3) is 0.429. The summed E-state index contributed by atoms with van der Waals surface area (Å²) < 4.78 is 40.1. The Morgan fingerprint density at radius 1 is 1.36 bits per heavy atom. The molecule has 1 atom stereocenters. The molecule has 0 saturated heterocycles. The number of ether oxygens (including phenoxy) is 1. The van der Waals surface area contributed by atoms with E-state index in [1.54, 1.807) is 0 Å². The molecule has 5 nitrogen and oxygen atoms in total. The molecule has 1 unspecified atom stereocenters. The van der Waals surface area contributed by atoms with Gasteiger partial charge in [0.15, 0.2) is 0 Å². The van der Waals surface area contributed by atoms with E-state index in [1.807, 2.05) is 6.92 Å². The number of carboxylic acids is 1. The van der Waals surface area contributed by atoms with Crippen LogP contribution in [0.25, 0.3) is 0 Å². The number of hydrogen-bond donors (Lipinski definition) is 2. The zero-order valence-electron chi connectivity index (χ0n) is 11.8. The molecule has 0 bridgehead atoms. The third-order valence-electron chi connectivity index (χ3n) is 2.78. The monoisotopic (exact) mass is 319 g/mol. The molecule has 0 aromatic heterocycles. The SMILES string of the molecule is CCCCC(NC(=O)c1cccc(OC(F)(F)F)c1)C(=O)O. The maximum absolute atomic E-state index is 12.1. The molecule has 0 saturated carbocycles. The van der Waals surface area contributed by atoms with Crippen molar-refractivity contribution in [3.63, 3.8) is 0 Å².